The summed E-state index contributed by atoms with van der Waals surface area (Å²) in [5.74, 6) is 0.123. The molecule has 162 valence electrons. The van der Waals surface area contributed by atoms with Crippen LogP contribution in [0.1, 0.15) is 31.0 Å². The number of benzene rings is 2. The largest absolute Gasteiger partial charge is 0.350 e. The highest BCUT2D eigenvalue weighted by Gasteiger charge is 2.30. The number of thioether (sulfide) groups is 1. The molecule has 0 spiro atoms. The van der Waals surface area contributed by atoms with Gasteiger partial charge in [0.1, 0.15) is 11.2 Å². The van der Waals surface area contributed by atoms with Gasteiger partial charge >= 0.3 is 0 Å². The molecular formula is C23H20FN5O2S. The number of halogens is 1. The first-order valence-corrected chi connectivity index (χ1v) is 11.2. The van der Waals surface area contributed by atoms with Crippen molar-refractivity contribution in [3.8, 4) is 5.69 Å². The molecule has 2 aromatic heterocycles. The predicted molar refractivity (Wildman–Crippen MR) is 120 cm³/mol. The zero-order valence-electron chi connectivity index (χ0n) is 17.2. The Kier molecular flexibility index (Phi) is 5.26. The molecule has 32 heavy (non-hydrogen) atoms. The molecule has 1 aliphatic heterocycles. The van der Waals surface area contributed by atoms with E-state index >= 15 is 0 Å². The first-order valence-electron chi connectivity index (χ1n) is 10.2. The van der Waals surface area contributed by atoms with Crippen LogP contribution in [0.3, 0.4) is 0 Å². The lowest BCUT2D eigenvalue weighted by molar-refractivity contribution is -0.122. The smallest absolute Gasteiger partial charge is 0.265 e. The van der Waals surface area contributed by atoms with Crippen molar-refractivity contribution in [2.75, 3.05) is 5.75 Å². The van der Waals surface area contributed by atoms with Gasteiger partial charge in [-0.15, -0.1) is 0 Å². The highest BCUT2D eigenvalue weighted by Crippen LogP contribution is 2.33. The molecule has 0 saturated carbocycles. The van der Waals surface area contributed by atoms with Gasteiger partial charge in [-0.05, 0) is 36.8 Å². The first kappa shape index (κ1) is 20.4. The topological polar surface area (TPSA) is 81.8 Å². The molecule has 9 heteroatoms. The Morgan fingerprint density at radius 2 is 1.97 bits per heavy atom. The van der Waals surface area contributed by atoms with Crippen LogP contribution >= 0.6 is 11.8 Å². The normalized spacial score (nSPS) is 16.1. The van der Waals surface area contributed by atoms with Crippen LogP contribution < -0.4 is 10.9 Å². The van der Waals surface area contributed by atoms with E-state index in [1.807, 2.05) is 37.3 Å². The average Bonchev–Trinajstić information content (AvgIpc) is 3.40. The van der Waals surface area contributed by atoms with Crippen molar-refractivity contribution in [1.29, 1.82) is 0 Å². The summed E-state index contributed by atoms with van der Waals surface area (Å²) in [6, 6.07) is 15.2. The van der Waals surface area contributed by atoms with Crippen LogP contribution in [0.2, 0.25) is 0 Å². The van der Waals surface area contributed by atoms with Crippen molar-refractivity contribution in [1.82, 2.24) is 24.6 Å². The molecule has 4 aromatic rings. The highest BCUT2D eigenvalue weighted by atomic mass is 32.2. The zero-order chi connectivity index (χ0) is 22.2. The van der Waals surface area contributed by atoms with Crippen molar-refractivity contribution in [3.05, 3.63) is 82.5 Å². The first-order chi connectivity index (χ1) is 15.5. The molecule has 1 N–H and O–H groups in total. The Morgan fingerprint density at radius 1 is 1.22 bits per heavy atom. The third-order valence-electron chi connectivity index (χ3n) is 5.54. The second-order valence-corrected chi connectivity index (χ2v) is 8.70. The van der Waals surface area contributed by atoms with E-state index in [4.69, 9.17) is 0 Å². The molecule has 2 aromatic carbocycles. The second kappa shape index (κ2) is 8.23. The monoisotopic (exact) mass is 449 g/mol. The number of aromatic nitrogens is 4. The molecule has 0 radical (unpaired) electrons. The van der Waals surface area contributed by atoms with Crippen LogP contribution in [0.5, 0.6) is 0 Å². The van der Waals surface area contributed by atoms with Crippen LogP contribution in [-0.4, -0.2) is 31.0 Å². The number of rotatable bonds is 5. The minimum absolute atomic E-state index is 0.117. The second-order valence-electron chi connectivity index (χ2n) is 7.71. The van der Waals surface area contributed by atoms with Crippen molar-refractivity contribution in [2.45, 2.75) is 30.6 Å². The van der Waals surface area contributed by atoms with Gasteiger partial charge in [-0.25, -0.2) is 14.1 Å². The summed E-state index contributed by atoms with van der Waals surface area (Å²) in [5.41, 5.74) is 1.84. The Hall–Kier alpha value is -3.46. The minimum Gasteiger partial charge on any atom is -0.350 e. The number of hydrogen-bond donors (Lipinski definition) is 1. The van der Waals surface area contributed by atoms with E-state index in [-0.39, 0.29) is 35.8 Å². The van der Waals surface area contributed by atoms with Gasteiger partial charge in [-0.3, -0.25) is 14.2 Å². The average molecular weight is 450 g/mol. The summed E-state index contributed by atoms with van der Waals surface area (Å²) in [6.07, 6.45) is 1.66. The number of nitrogens with zero attached hydrogens (tertiary/aromatic N) is 4. The third-order valence-corrected chi connectivity index (χ3v) is 6.64. The number of carbonyl (C=O) groups excluding carboxylic acids is 1. The number of fused-ring (bicyclic) bond motifs is 2. The van der Waals surface area contributed by atoms with Gasteiger partial charge < -0.3 is 5.32 Å². The summed E-state index contributed by atoms with van der Waals surface area (Å²) in [4.78, 5) is 30.5. The molecule has 2 atom stereocenters. The summed E-state index contributed by atoms with van der Waals surface area (Å²) < 4.78 is 16.4. The summed E-state index contributed by atoms with van der Waals surface area (Å²) in [6.45, 7) is 1.94. The Balaban J connectivity index is 1.40. The van der Waals surface area contributed by atoms with Crippen LogP contribution in [0, 0.1) is 5.82 Å². The predicted octanol–water partition coefficient (Wildman–Crippen LogP) is 3.64. The van der Waals surface area contributed by atoms with E-state index < -0.39 is 0 Å². The zero-order valence-corrected chi connectivity index (χ0v) is 18.1. The Morgan fingerprint density at radius 3 is 2.72 bits per heavy atom. The van der Waals surface area contributed by atoms with Crippen LogP contribution in [0.15, 0.2) is 70.7 Å². The van der Waals surface area contributed by atoms with E-state index in [0.29, 0.717) is 27.6 Å². The van der Waals surface area contributed by atoms with Crippen molar-refractivity contribution < 1.29 is 9.18 Å². The molecule has 2 unspecified atom stereocenters. The van der Waals surface area contributed by atoms with Gasteiger partial charge in [0.05, 0.1) is 24.0 Å². The van der Waals surface area contributed by atoms with Gasteiger partial charge in [0.15, 0.2) is 10.8 Å². The summed E-state index contributed by atoms with van der Waals surface area (Å²) >= 11 is 1.44. The number of amides is 1. The molecular weight excluding hydrogens is 429 g/mol. The van der Waals surface area contributed by atoms with Gasteiger partial charge in [-0.2, -0.15) is 5.10 Å². The summed E-state index contributed by atoms with van der Waals surface area (Å²) in [7, 11) is 0. The van der Waals surface area contributed by atoms with E-state index in [2.05, 4.69) is 15.4 Å². The molecule has 1 aliphatic rings. The van der Waals surface area contributed by atoms with E-state index in [1.165, 1.54) is 34.8 Å². The van der Waals surface area contributed by atoms with Crippen molar-refractivity contribution in [3.63, 3.8) is 0 Å². The SMILES string of the molecule is CC(NC(=O)CC1CSc2nc3c(cnn3-c3ccc(F)cc3)c(=O)n21)c1ccccc1. The lowest BCUT2D eigenvalue weighted by Crippen LogP contribution is -2.32. The van der Waals surface area contributed by atoms with Gasteiger partial charge in [0, 0.05) is 12.2 Å². The van der Waals surface area contributed by atoms with E-state index in [0.717, 1.165) is 5.56 Å². The molecule has 0 fully saturated rings. The molecule has 0 bridgehead atoms. The fraction of sp³-hybridized carbons (Fsp3) is 0.217. The third kappa shape index (κ3) is 3.69. The molecule has 0 aliphatic carbocycles. The highest BCUT2D eigenvalue weighted by molar-refractivity contribution is 7.99. The van der Waals surface area contributed by atoms with Gasteiger partial charge in [0.25, 0.3) is 5.56 Å². The maximum Gasteiger partial charge on any atom is 0.265 e. The number of nitrogens with one attached hydrogen (secondary N) is 1. The summed E-state index contributed by atoms with van der Waals surface area (Å²) in [5, 5.41) is 8.22. The Bertz CT molecular complexity index is 1350. The maximum absolute atomic E-state index is 13.3. The molecule has 7 nitrogen and oxygen atoms in total. The Labute approximate surface area is 187 Å². The lowest BCUT2D eigenvalue weighted by Gasteiger charge is -2.17. The molecule has 1 amide bonds. The maximum atomic E-state index is 13.3. The van der Waals surface area contributed by atoms with Gasteiger partial charge in [-0.1, -0.05) is 42.1 Å². The molecule has 0 saturated heterocycles. The fourth-order valence-corrected chi connectivity index (χ4v) is 5.02. The molecule has 3 heterocycles. The van der Waals surface area contributed by atoms with E-state index in [9.17, 15) is 14.0 Å². The van der Waals surface area contributed by atoms with Crippen LogP contribution in [-0.2, 0) is 4.79 Å². The number of hydrogen-bond acceptors (Lipinski definition) is 5. The van der Waals surface area contributed by atoms with Gasteiger partial charge in [0.2, 0.25) is 5.91 Å². The van der Waals surface area contributed by atoms with Crippen LogP contribution in [0.4, 0.5) is 4.39 Å². The van der Waals surface area contributed by atoms with Crippen LogP contribution in [0.25, 0.3) is 16.7 Å². The van der Waals surface area contributed by atoms with Crippen molar-refractivity contribution >= 4 is 28.7 Å². The lowest BCUT2D eigenvalue weighted by atomic mass is 10.1. The van der Waals surface area contributed by atoms with E-state index in [1.54, 1.807) is 16.7 Å². The standard InChI is InChI=1S/C23H20FN5O2S/c1-14(15-5-3-2-4-6-15)26-20(30)11-18-13-32-23-27-21-19(22(31)28(18)23)12-25-29(21)17-9-7-16(24)8-10-17/h2-10,12,14,18H,11,13H2,1H3,(H,26,30). The quantitative estimate of drug-likeness (QED) is 0.471. The van der Waals surface area contributed by atoms with Crippen molar-refractivity contribution in [2.24, 2.45) is 0 Å². The number of carbonyl (C=O) groups is 1. The molecule has 5 rings (SSSR count). The minimum atomic E-state index is -0.350. The fourth-order valence-electron chi connectivity index (χ4n) is 3.89.